The molecule has 0 bridgehead atoms. The monoisotopic (exact) mass is 536 g/mol. The Morgan fingerprint density at radius 3 is 2.32 bits per heavy atom. The Labute approximate surface area is 215 Å². The summed E-state index contributed by atoms with van der Waals surface area (Å²) >= 11 is 13.7. The fourth-order valence-corrected chi connectivity index (χ4v) is 5.28. The van der Waals surface area contributed by atoms with E-state index in [1.807, 2.05) is 37.3 Å². The Balaban J connectivity index is 1.51. The maximum atomic E-state index is 12.5. The summed E-state index contributed by atoms with van der Waals surface area (Å²) in [6, 6.07) is 19.9. The quantitative estimate of drug-likeness (QED) is 0.326. The lowest BCUT2D eigenvalue weighted by atomic mass is 10.1. The number of nitrogens with zero attached hydrogens (tertiary/aromatic N) is 1. The molecule has 0 aromatic heterocycles. The zero-order valence-electron chi connectivity index (χ0n) is 18.9. The summed E-state index contributed by atoms with van der Waals surface area (Å²) in [4.78, 5) is 12.5. The van der Waals surface area contributed by atoms with E-state index in [1.165, 1.54) is 10.6 Å². The molecule has 3 rings (SSSR count). The summed E-state index contributed by atoms with van der Waals surface area (Å²) in [5, 5.41) is 3.98. The van der Waals surface area contributed by atoms with Gasteiger partial charge in [0.2, 0.25) is 10.0 Å². The van der Waals surface area contributed by atoms with Crippen LogP contribution in [0.2, 0.25) is 10.0 Å². The Bertz CT molecular complexity index is 1250. The maximum Gasteiger partial charge on any atom is 0.251 e. The van der Waals surface area contributed by atoms with Gasteiger partial charge < -0.3 is 5.32 Å². The van der Waals surface area contributed by atoms with E-state index < -0.39 is 10.0 Å². The fourth-order valence-electron chi connectivity index (χ4n) is 3.27. The molecule has 5 nitrogen and oxygen atoms in total. The third-order valence-corrected chi connectivity index (χ3v) is 7.93. The lowest BCUT2D eigenvalue weighted by Gasteiger charge is -2.23. The molecule has 0 heterocycles. The van der Waals surface area contributed by atoms with Crippen LogP contribution < -0.4 is 9.62 Å². The molecule has 34 heavy (non-hydrogen) atoms. The molecule has 1 N–H and O–H groups in total. The first-order chi connectivity index (χ1) is 16.1. The maximum absolute atomic E-state index is 12.5. The second kappa shape index (κ2) is 12.0. The summed E-state index contributed by atoms with van der Waals surface area (Å²) in [6.45, 7) is 2.64. The molecule has 3 aromatic carbocycles. The summed E-state index contributed by atoms with van der Waals surface area (Å²) in [5.74, 6) is 1.36. The number of nitrogens with one attached hydrogen (secondary N) is 1. The Morgan fingerprint density at radius 1 is 0.971 bits per heavy atom. The van der Waals surface area contributed by atoms with Crippen LogP contribution in [-0.4, -0.2) is 32.9 Å². The van der Waals surface area contributed by atoms with Gasteiger partial charge in [-0.25, -0.2) is 8.42 Å². The molecule has 3 aromatic rings. The first-order valence-electron chi connectivity index (χ1n) is 10.6. The van der Waals surface area contributed by atoms with Gasteiger partial charge in [-0.05, 0) is 60.0 Å². The molecular weight excluding hydrogens is 511 g/mol. The van der Waals surface area contributed by atoms with Crippen LogP contribution in [0.5, 0.6) is 0 Å². The Morgan fingerprint density at radius 2 is 1.68 bits per heavy atom. The predicted molar refractivity (Wildman–Crippen MR) is 144 cm³/mol. The van der Waals surface area contributed by atoms with Gasteiger partial charge in [-0.15, -0.1) is 0 Å². The van der Waals surface area contributed by atoms with E-state index >= 15 is 0 Å². The number of rotatable bonds is 10. The SMILES string of the molecule is Cc1cccc(N(Cc2ccc(C(=O)NCCSCc3ccc(Cl)c(Cl)c3)cc2)S(C)(=O)=O)c1. The van der Waals surface area contributed by atoms with E-state index in [1.54, 1.807) is 48.2 Å². The number of carbonyl (C=O) groups excluding carboxylic acids is 1. The van der Waals surface area contributed by atoms with Crippen molar-refractivity contribution in [2.24, 2.45) is 0 Å². The highest BCUT2D eigenvalue weighted by molar-refractivity contribution is 7.98. The Hall–Kier alpha value is -2.19. The van der Waals surface area contributed by atoms with Crippen molar-refractivity contribution in [3.63, 3.8) is 0 Å². The van der Waals surface area contributed by atoms with E-state index in [0.717, 1.165) is 28.2 Å². The summed E-state index contributed by atoms with van der Waals surface area (Å²) in [5.41, 5.74) is 3.99. The number of aryl methyl sites for hydroxylation is 1. The van der Waals surface area contributed by atoms with E-state index in [-0.39, 0.29) is 12.5 Å². The Kier molecular flexibility index (Phi) is 9.31. The predicted octanol–water partition coefficient (Wildman–Crippen LogP) is 5.93. The molecule has 0 unspecified atom stereocenters. The van der Waals surface area contributed by atoms with Crippen molar-refractivity contribution in [2.75, 3.05) is 22.9 Å². The van der Waals surface area contributed by atoms with Gasteiger partial charge in [-0.3, -0.25) is 9.10 Å². The molecule has 0 atom stereocenters. The van der Waals surface area contributed by atoms with Crippen LogP contribution in [0.25, 0.3) is 0 Å². The number of anilines is 1. The van der Waals surface area contributed by atoms with Crippen LogP contribution in [0.4, 0.5) is 5.69 Å². The van der Waals surface area contributed by atoms with E-state index in [9.17, 15) is 13.2 Å². The lowest BCUT2D eigenvalue weighted by molar-refractivity contribution is 0.0956. The zero-order valence-corrected chi connectivity index (χ0v) is 22.1. The average Bonchev–Trinajstić information content (AvgIpc) is 2.79. The third kappa shape index (κ3) is 7.67. The molecule has 0 saturated heterocycles. The minimum Gasteiger partial charge on any atom is -0.351 e. The highest BCUT2D eigenvalue weighted by Crippen LogP contribution is 2.25. The van der Waals surface area contributed by atoms with Gasteiger partial charge in [-0.1, -0.05) is 53.5 Å². The van der Waals surface area contributed by atoms with E-state index in [0.29, 0.717) is 27.8 Å². The molecule has 0 fully saturated rings. The van der Waals surface area contributed by atoms with Gasteiger partial charge in [0.25, 0.3) is 5.91 Å². The molecule has 0 spiro atoms. The molecule has 0 radical (unpaired) electrons. The van der Waals surface area contributed by atoms with Gasteiger partial charge in [-0.2, -0.15) is 11.8 Å². The second-order valence-electron chi connectivity index (χ2n) is 7.86. The molecule has 1 amide bonds. The summed E-state index contributed by atoms with van der Waals surface area (Å²) in [6.07, 6.45) is 1.19. The van der Waals surface area contributed by atoms with Crippen molar-refractivity contribution in [3.05, 3.63) is 99.0 Å². The highest BCUT2D eigenvalue weighted by Gasteiger charge is 2.18. The summed E-state index contributed by atoms with van der Waals surface area (Å²) in [7, 11) is -3.46. The van der Waals surface area contributed by atoms with Crippen molar-refractivity contribution in [1.29, 1.82) is 0 Å². The number of benzene rings is 3. The van der Waals surface area contributed by atoms with Gasteiger partial charge in [0.05, 0.1) is 28.5 Å². The van der Waals surface area contributed by atoms with E-state index in [4.69, 9.17) is 23.2 Å². The molecule has 0 aliphatic carbocycles. The van der Waals surface area contributed by atoms with Gasteiger partial charge >= 0.3 is 0 Å². The largest absolute Gasteiger partial charge is 0.351 e. The first-order valence-corrected chi connectivity index (χ1v) is 14.3. The number of sulfonamides is 1. The third-order valence-electron chi connectivity index (χ3n) is 5.02. The van der Waals surface area contributed by atoms with Crippen molar-refractivity contribution in [1.82, 2.24) is 5.32 Å². The lowest BCUT2D eigenvalue weighted by Crippen LogP contribution is -2.29. The van der Waals surface area contributed by atoms with Crippen molar-refractivity contribution < 1.29 is 13.2 Å². The minimum atomic E-state index is -3.46. The molecular formula is C25H26Cl2N2O3S2. The van der Waals surface area contributed by atoms with Crippen molar-refractivity contribution in [3.8, 4) is 0 Å². The first kappa shape index (κ1) is 26.4. The normalized spacial score (nSPS) is 11.3. The molecule has 0 saturated carbocycles. The van der Waals surface area contributed by atoms with Crippen LogP contribution in [0.1, 0.15) is 27.0 Å². The van der Waals surface area contributed by atoms with Crippen LogP contribution in [0.15, 0.2) is 66.7 Å². The molecule has 0 aliphatic rings. The number of amides is 1. The topological polar surface area (TPSA) is 66.5 Å². The molecule has 9 heteroatoms. The molecule has 0 aliphatic heterocycles. The van der Waals surface area contributed by atoms with E-state index in [2.05, 4.69) is 5.32 Å². The minimum absolute atomic E-state index is 0.166. The second-order valence-corrected chi connectivity index (χ2v) is 11.7. The van der Waals surface area contributed by atoms with Gasteiger partial charge in [0.15, 0.2) is 0 Å². The number of carbonyl (C=O) groups is 1. The fraction of sp³-hybridized carbons (Fsp3) is 0.240. The van der Waals surface area contributed by atoms with Gasteiger partial charge in [0.1, 0.15) is 0 Å². The van der Waals surface area contributed by atoms with Crippen LogP contribution in [0.3, 0.4) is 0 Å². The standard InChI is InChI=1S/C25H26Cl2N2O3S2/c1-18-4-3-5-22(14-18)29(34(2,31)32)16-19-6-9-21(10-7-19)25(30)28-12-13-33-17-20-8-11-23(26)24(27)15-20/h3-11,14-15H,12-13,16-17H2,1-2H3,(H,28,30). The smallest absolute Gasteiger partial charge is 0.251 e. The van der Waals surface area contributed by atoms with Gasteiger partial charge in [0, 0.05) is 23.6 Å². The summed E-state index contributed by atoms with van der Waals surface area (Å²) < 4.78 is 26.1. The number of hydrogen-bond donors (Lipinski definition) is 1. The van der Waals surface area contributed by atoms with Crippen LogP contribution >= 0.6 is 35.0 Å². The van der Waals surface area contributed by atoms with Crippen molar-refractivity contribution >= 4 is 56.6 Å². The highest BCUT2D eigenvalue weighted by atomic mass is 35.5. The molecule has 180 valence electrons. The number of halogens is 2. The van der Waals surface area contributed by atoms with Crippen molar-refractivity contribution in [2.45, 2.75) is 19.2 Å². The number of thioether (sulfide) groups is 1. The van der Waals surface area contributed by atoms with Crippen LogP contribution in [0, 0.1) is 6.92 Å². The van der Waals surface area contributed by atoms with Crippen LogP contribution in [-0.2, 0) is 22.3 Å². The average molecular weight is 538 g/mol. The number of hydrogen-bond acceptors (Lipinski definition) is 4. The zero-order chi connectivity index (χ0) is 24.7.